The molecular formula is C12H21F3N2O. The highest BCUT2D eigenvalue weighted by atomic mass is 19.4. The summed E-state index contributed by atoms with van der Waals surface area (Å²) < 4.78 is 39.8. The van der Waals surface area contributed by atoms with Gasteiger partial charge in [-0.3, -0.25) is 5.32 Å². The van der Waals surface area contributed by atoms with E-state index >= 15 is 0 Å². The number of rotatable bonds is 8. The fourth-order valence-electron chi connectivity index (χ4n) is 1.67. The van der Waals surface area contributed by atoms with Crippen molar-refractivity contribution < 1.29 is 17.9 Å². The first kappa shape index (κ1) is 17.2. The first-order valence-electron chi connectivity index (χ1n) is 6.02. The van der Waals surface area contributed by atoms with Crippen molar-refractivity contribution in [1.29, 1.82) is 5.26 Å². The summed E-state index contributed by atoms with van der Waals surface area (Å²) in [5.41, 5.74) is -0.627. The van der Waals surface area contributed by atoms with Crippen molar-refractivity contribution in [3.63, 3.8) is 0 Å². The highest BCUT2D eigenvalue weighted by Crippen LogP contribution is 2.16. The van der Waals surface area contributed by atoms with Gasteiger partial charge in [0, 0.05) is 12.6 Å². The Balaban J connectivity index is 3.73. The molecular weight excluding hydrogens is 245 g/mol. The molecule has 0 aliphatic carbocycles. The summed E-state index contributed by atoms with van der Waals surface area (Å²) in [5, 5.41) is 12.2. The van der Waals surface area contributed by atoms with Crippen molar-refractivity contribution >= 4 is 0 Å². The summed E-state index contributed by atoms with van der Waals surface area (Å²) in [4.78, 5) is 0. The van der Waals surface area contributed by atoms with E-state index in [4.69, 9.17) is 5.26 Å². The van der Waals surface area contributed by atoms with Crippen LogP contribution in [-0.4, -0.2) is 31.0 Å². The number of unbranched alkanes of at least 4 members (excludes halogenated alkanes) is 1. The molecule has 18 heavy (non-hydrogen) atoms. The zero-order valence-electron chi connectivity index (χ0n) is 11.1. The lowest BCUT2D eigenvalue weighted by Crippen LogP contribution is -2.44. The highest BCUT2D eigenvalue weighted by Gasteiger charge is 2.27. The monoisotopic (exact) mass is 266 g/mol. The average molecular weight is 266 g/mol. The van der Waals surface area contributed by atoms with Crippen molar-refractivity contribution in [1.82, 2.24) is 5.32 Å². The number of nitrogens with zero attached hydrogens (tertiary/aromatic N) is 1. The van der Waals surface area contributed by atoms with Crippen molar-refractivity contribution in [3.8, 4) is 6.07 Å². The molecule has 0 rings (SSSR count). The Morgan fingerprint density at radius 3 is 2.33 bits per heavy atom. The predicted octanol–water partition coefficient (Wildman–Crippen LogP) is 3.02. The van der Waals surface area contributed by atoms with Gasteiger partial charge in [-0.1, -0.05) is 0 Å². The van der Waals surface area contributed by atoms with Crippen LogP contribution in [0.2, 0.25) is 0 Å². The smallest absolute Gasteiger partial charge is 0.372 e. The second-order valence-corrected chi connectivity index (χ2v) is 4.87. The SMILES string of the molecule is CC(C)NC(C)(C#N)CCCCOCC(F)(F)F. The van der Waals surface area contributed by atoms with Gasteiger partial charge in [0.25, 0.3) is 0 Å². The molecule has 106 valence electrons. The van der Waals surface area contributed by atoms with Crippen LogP contribution in [0.25, 0.3) is 0 Å². The Kier molecular flexibility index (Phi) is 7.26. The van der Waals surface area contributed by atoms with Crippen LogP contribution >= 0.6 is 0 Å². The van der Waals surface area contributed by atoms with Gasteiger partial charge in [-0.05, 0) is 40.0 Å². The van der Waals surface area contributed by atoms with Crippen molar-refractivity contribution in [2.24, 2.45) is 0 Å². The van der Waals surface area contributed by atoms with Gasteiger partial charge in [-0.2, -0.15) is 18.4 Å². The van der Waals surface area contributed by atoms with E-state index < -0.39 is 18.3 Å². The number of alkyl halides is 3. The summed E-state index contributed by atoms with van der Waals surface area (Å²) in [6, 6.07) is 2.38. The number of hydrogen-bond acceptors (Lipinski definition) is 3. The molecule has 0 heterocycles. The van der Waals surface area contributed by atoms with Crippen LogP contribution in [-0.2, 0) is 4.74 Å². The molecule has 0 aromatic carbocycles. The third-order valence-corrected chi connectivity index (χ3v) is 2.34. The maximum Gasteiger partial charge on any atom is 0.411 e. The molecule has 0 radical (unpaired) electrons. The number of nitriles is 1. The first-order valence-corrected chi connectivity index (χ1v) is 6.02. The minimum atomic E-state index is -4.26. The minimum Gasteiger partial charge on any atom is -0.372 e. The number of nitrogens with one attached hydrogen (secondary N) is 1. The van der Waals surface area contributed by atoms with Crippen molar-refractivity contribution in [3.05, 3.63) is 0 Å². The number of hydrogen-bond donors (Lipinski definition) is 1. The molecule has 0 fully saturated rings. The Morgan fingerprint density at radius 2 is 1.89 bits per heavy atom. The van der Waals surface area contributed by atoms with Crippen LogP contribution in [0.15, 0.2) is 0 Å². The topological polar surface area (TPSA) is 45.0 Å². The molecule has 1 unspecified atom stereocenters. The Morgan fingerprint density at radius 1 is 1.28 bits per heavy atom. The summed E-state index contributed by atoms with van der Waals surface area (Å²) in [6.07, 6.45) is -2.49. The quantitative estimate of drug-likeness (QED) is 0.687. The van der Waals surface area contributed by atoms with E-state index in [0.717, 1.165) is 0 Å². The molecule has 6 heteroatoms. The van der Waals surface area contributed by atoms with Crippen LogP contribution in [0.1, 0.15) is 40.0 Å². The van der Waals surface area contributed by atoms with E-state index in [9.17, 15) is 13.2 Å². The molecule has 0 aromatic heterocycles. The van der Waals surface area contributed by atoms with Gasteiger partial charge in [-0.25, -0.2) is 0 Å². The molecule has 0 saturated carbocycles. The van der Waals surface area contributed by atoms with Gasteiger partial charge < -0.3 is 4.74 Å². The molecule has 1 N–H and O–H groups in total. The van der Waals surface area contributed by atoms with Crippen LogP contribution < -0.4 is 5.32 Å². The average Bonchev–Trinajstić information content (AvgIpc) is 2.20. The third-order valence-electron chi connectivity index (χ3n) is 2.34. The fourth-order valence-corrected chi connectivity index (χ4v) is 1.67. The summed E-state index contributed by atoms with van der Waals surface area (Å²) >= 11 is 0. The summed E-state index contributed by atoms with van der Waals surface area (Å²) in [5.74, 6) is 0. The summed E-state index contributed by atoms with van der Waals surface area (Å²) in [6.45, 7) is 4.56. The molecule has 0 amide bonds. The zero-order valence-corrected chi connectivity index (χ0v) is 11.1. The first-order chi connectivity index (χ1) is 8.18. The van der Waals surface area contributed by atoms with E-state index in [1.807, 2.05) is 13.8 Å². The van der Waals surface area contributed by atoms with Gasteiger partial charge in [0.2, 0.25) is 0 Å². The maximum atomic E-state index is 11.8. The third kappa shape index (κ3) is 9.25. The minimum absolute atomic E-state index is 0.0721. The second kappa shape index (κ2) is 7.59. The molecule has 3 nitrogen and oxygen atoms in total. The lowest BCUT2D eigenvalue weighted by molar-refractivity contribution is -0.174. The lowest BCUT2D eigenvalue weighted by Gasteiger charge is -2.25. The largest absolute Gasteiger partial charge is 0.411 e. The molecule has 0 saturated heterocycles. The lowest BCUT2D eigenvalue weighted by atomic mass is 9.96. The Hall–Kier alpha value is -0.800. The highest BCUT2D eigenvalue weighted by molar-refractivity contribution is 5.04. The van der Waals surface area contributed by atoms with E-state index in [-0.39, 0.29) is 12.6 Å². The van der Waals surface area contributed by atoms with E-state index in [2.05, 4.69) is 16.1 Å². The predicted molar refractivity (Wildman–Crippen MR) is 63.0 cm³/mol. The van der Waals surface area contributed by atoms with Crippen LogP contribution in [0, 0.1) is 11.3 Å². The van der Waals surface area contributed by atoms with Gasteiger partial charge in [-0.15, -0.1) is 0 Å². The normalized spacial score (nSPS) is 15.4. The molecule has 0 aliphatic heterocycles. The molecule has 0 aromatic rings. The standard InChI is InChI=1S/C12H21F3N2O/c1-10(2)17-11(3,8-16)6-4-5-7-18-9-12(13,14)15/h10,17H,4-7,9H2,1-3H3. The van der Waals surface area contributed by atoms with E-state index in [1.165, 1.54) is 0 Å². The van der Waals surface area contributed by atoms with Crippen LogP contribution in [0.5, 0.6) is 0 Å². The molecule has 1 atom stereocenters. The number of ether oxygens (including phenoxy) is 1. The van der Waals surface area contributed by atoms with Gasteiger partial charge >= 0.3 is 6.18 Å². The fraction of sp³-hybridized carbons (Fsp3) is 0.917. The van der Waals surface area contributed by atoms with Crippen LogP contribution in [0.3, 0.4) is 0 Å². The molecule has 0 aliphatic rings. The van der Waals surface area contributed by atoms with E-state index in [1.54, 1.807) is 6.92 Å². The van der Waals surface area contributed by atoms with Gasteiger partial charge in [0.15, 0.2) is 0 Å². The maximum absolute atomic E-state index is 11.8. The Bertz CT molecular complexity index is 273. The Labute approximate surface area is 106 Å². The number of halogens is 3. The van der Waals surface area contributed by atoms with Gasteiger partial charge in [0.05, 0.1) is 6.07 Å². The second-order valence-electron chi connectivity index (χ2n) is 4.87. The van der Waals surface area contributed by atoms with Crippen molar-refractivity contribution in [2.45, 2.75) is 57.8 Å². The van der Waals surface area contributed by atoms with E-state index in [0.29, 0.717) is 19.3 Å². The molecule has 0 bridgehead atoms. The van der Waals surface area contributed by atoms with Gasteiger partial charge in [0.1, 0.15) is 12.1 Å². The molecule has 0 spiro atoms. The van der Waals surface area contributed by atoms with Crippen LogP contribution in [0.4, 0.5) is 13.2 Å². The zero-order chi connectivity index (χ0) is 14.2. The van der Waals surface area contributed by atoms with Crippen molar-refractivity contribution in [2.75, 3.05) is 13.2 Å². The summed E-state index contributed by atoms with van der Waals surface area (Å²) in [7, 11) is 0.